The third-order valence-electron chi connectivity index (χ3n) is 3.17. The summed E-state index contributed by atoms with van der Waals surface area (Å²) in [6.07, 6.45) is -3.35. The SMILES string of the molecule is Cc1nncn1CCNC(=O)c1cc([N+](=O)[O-])cc(C(F)(F)F)c1. The predicted octanol–water partition coefficient (Wildman–Crippen LogP) is 1.94. The van der Waals surface area contributed by atoms with Gasteiger partial charge in [-0.25, -0.2) is 0 Å². The Balaban J connectivity index is 2.14. The minimum absolute atomic E-state index is 0.0990. The van der Waals surface area contributed by atoms with Gasteiger partial charge in [-0.2, -0.15) is 13.2 Å². The van der Waals surface area contributed by atoms with Gasteiger partial charge < -0.3 is 9.88 Å². The molecule has 1 amide bonds. The van der Waals surface area contributed by atoms with Crippen molar-refractivity contribution in [3.63, 3.8) is 0 Å². The first-order valence-electron chi connectivity index (χ1n) is 6.68. The Hall–Kier alpha value is -2.98. The fraction of sp³-hybridized carbons (Fsp3) is 0.308. The van der Waals surface area contributed by atoms with Crippen molar-refractivity contribution in [3.05, 3.63) is 51.6 Å². The molecule has 24 heavy (non-hydrogen) atoms. The van der Waals surface area contributed by atoms with E-state index in [1.165, 1.54) is 6.33 Å². The van der Waals surface area contributed by atoms with E-state index < -0.39 is 33.8 Å². The lowest BCUT2D eigenvalue weighted by Gasteiger charge is -2.10. The Bertz CT molecular complexity index is 772. The van der Waals surface area contributed by atoms with Crippen LogP contribution in [0.3, 0.4) is 0 Å². The Morgan fingerprint density at radius 2 is 2.08 bits per heavy atom. The van der Waals surface area contributed by atoms with Gasteiger partial charge in [-0.15, -0.1) is 10.2 Å². The molecule has 0 saturated heterocycles. The summed E-state index contributed by atoms with van der Waals surface area (Å²) in [6.45, 7) is 2.11. The lowest BCUT2D eigenvalue weighted by Crippen LogP contribution is -2.27. The molecule has 1 heterocycles. The summed E-state index contributed by atoms with van der Waals surface area (Å²) in [5.74, 6) is -0.228. The van der Waals surface area contributed by atoms with Crippen LogP contribution in [0.15, 0.2) is 24.5 Å². The van der Waals surface area contributed by atoms with E-state index in [4.69, 9.17) is 0 Å². The van der Waals surface area contributed by atoms with Gasteiger partial charge in [0.05, 0.1) is 10.5 Å². The van der Waals surface area contributed by atoms with Gasteiger partial charge in [0.15, 0.2) is 0 Å². The first-order valence-corrected chi connectivity index (χ1v) is 6.68. The summed E-state index contributed by atoms with van der Waals surface area (Å²) < 4.78 is 40.0. The van der Waals surface area contributed by atoms with Crippen LogP contribution in [0, 0.1) is 17.0 Å². The summed E-state index contributed by atoms with van der Waals surface area (Å²) in [4.78, 5) is 21.7. The second-order valence-corrected chi connectivity index (χ2v) is 4.85. The molecule has 128 valence electrons. The number of carbonyl (C=O) groups excluding carboxylic acids is 1. The molecule has 0 fully saturated rings. The van der Waals surface area contributed by atoms with Gasteiger partial charge in [0.2, 0.25) is 0 Å². The third kappa shape index (κ3) is 4.06. The van der Waals surface area contributed by atoms with Gasteiger partial charge in [0, 0.05) is 30.8 Å². The average Bonchev–Trinajstić information content (AvgIpc) is 2.91. The maximum absolute atomic E-state index is 12.8. The van der Waals surface area contributed by atoms with E-state index in [1.54, 1.807) is 11.5 Å². The van der Waals surface area contributed by atoms with E-state index in [0.717, 1.165) is 6.07 Å². The second-order valence-electron chi connectivity index (χ2n) is 4.85. The molecule has 11 heteroatoms. The summed E-state index contributed by atoms with van der Waals surface area (Å²) in [6, 6.07) is 1.76. The van der Waals surface area contributed by atoms with Crippen LogP contribution in [0.2, 0.25) is 0 Å². The number of aryl methyl sites for hydroxylation is 1. The Morgan fingerprint density at radius 3 is 2.62 bits per heavy atom. The normalized spacial score (nSPS) is 11.3. The lowest BCUT2D eigenvalue weighted by atomic mass is 10.1. The van der Waals surface area contributed by atoms with Crippen LogP contribution >= 0.6 is 0 Å². The number of benzene rings is 1. The molecule has 0 radical (unpaired) electrons. The molecular weight excluding hydrogens is 331 g/mol. The number of hydrogen-bond acceptors (Lipinski definition) is 5. The van der Waals surface area contributed by atoms with Crippen molar-refractivity contribution in [1.82, 2.24) is 20.1 Å². The van der Waals surface area contributed by atoms with Crippen LogP contribution < -0.4 is 5.32 Å². The van der Waals surface area contributed by atoms with Crippen molar-refractivity contribution in [1.29, 1.82) is 0 Å². The van der Waals surface area contributed by atoms with E-state index >= 15 is 0 Å². The highest BCUT2D eigenvalue weighted by Crippen LogP contribution is 2.32. The van der Waals surface area contributed by atoms with Crippen LogP contribution in [0.1, 0.15) is 21.7 Å². The maximum atomic E-state index is 12.8. The number of rotatable bonds is 5. The average molecular weight is 343 g/mol. The zero-order valence-electron chi connectivity index (χ0n) is 12.4. The van der Waals surface area contributed by atoms with Crippen molar-refractivity contribution in [2.24, 2.45) is 0 Å². The summed E-state index contributed by atoms with van der Waals surface area (Å²) >= 11 is 0. The summed E-state index contributed by atoms with van der Waals surface area (Å²) in [5, 5.41) is 20.5. The van der Waals surface area contributed by atoms with Gasteiger partial charge >= 0.3 is 6.18 Å². The van der Waals surface area contributed by atoms with E-state index in [-0.39, 0.29) is 6.54 Å². The number of non-ortho nitro benzene ring substituents is 1. The minimum atomic E-state index is -4.79. The van der Waals surface area contributed by atoms with Crippen LogP contribution in [0.5, 0.6) is 0 Å². The van der Waals surface area contributed by atoms with E-state index in [9.17, 15) is 28.1 Å². The maximum Gasteiger partial charge on any atom is 0.416 e. The Kier molecular flexibility index (Phi) is 4.81. The molecule has 0 aliphatic rings. The summed E-state index contributed by atoms with van der Waals surface area (Å²) in [5.41, 5.74) is -2.49. The van der Waals surface area contributed by atoms with Crippen LogP contribution in [-0.2, 0) is 12.7 Å². The number of carbonyl (C=O) groups is 1. The zero-order chi connectivity index (χ0) is 17.9. The lowest BCUT2D eigenvalue weighted by molar-refractivity contribution is -0.385. The van der Waals surface area contributed by atoms with Crippen molar-refractivity contribution in [3.8, 4) is 0 Å². The number of halogens is 3. The number of hydrogen-bond donors (Lipinski definition) is 1. The Morgan fingerprint density at radius 1 is 1.38 bits per heavy atom. The quantitative estimate of drug-likeness (QED) is 0.660. The molecule has 0 aliphatic heterocycles. The smallest absolute Gasteiger partial charge is 0.350 e. The van der Waals surface area contributed by atoms with Crippen molar-refractivity contribution >= 4 is 11.6 Å². The molecule has 1 aromatic carbocycles. The number of alkyl halides is 3. The van der Waals surface area contributed by atoms with Gasteiger partial charge in [-0.1, -0.05) is 0 Å². The topological polar surface area (TPSA) is 103 Å². The van der Waals surface area contributed by atoms with Crippen molar-refractivity contribution in [2.75, 3.05) is 6.54 Å². The predicted molar refractivity (Wildman–Crippen MR) is 75.2 cm³/mol. The number of nitro groups is 1. The highest BCUT2D eigenvalue weighted by molar-refractivity contribution is 5.95. The molecular formula is C13H12F3N5O3. The van der Waals surface area contributed by atoms with Crippen LogP contribution in [0.4, 0.5) is 18.9 Å². The molecule has 8 nitrogen and oxygen atoms in total. The third-order valence-corrected chi connectivity index (χ3v) is 3.17. The van der Waals surface area contributed by atoms with E-state index in [1.807, 2.05) is 0 Å². The van der Waals surface area contributed by atoms with Gasteiger partial charge in [0.1, 0.15) is 12.2 Å². The molecule has 0 atom stereocenters. The first kappa shape index (κ1) is 17.4. The largest absolute Gasteiger partial charge is 0.416 e. The highest BCUT2D eigenvalue weighted by Gasteiger charge is 2.33. The molecule has 1 aromatic heterocycles. The second kappa shape index (κ2) is 6.64. The highest BCUT2D eigenvalue weighted by atomic mass is 19.4. The van der Waals surface area contributed by atoms with Crippen LogP contribution in [0.25, 0.3) is 0 Å². The fourth-order valence-corrected chi connectivity index (χ4v) is 1.94. The monoisotopic (exact) mass is 343 g/mol. The van der Waals surface area contributed by atoms with E-state index in [0.29, 0.717) is 24.5 Å². The molecule has 0 bridgehead atoms. The fourth-order valence-electron chi connectivity index (χ4n) is 1.94. The van der Waals surface area contributed by atoms with Gasteiger partial charge in [-0.05, 0) is 13.0 Å². The van der Waals surface area contributed by atoms with Crippen LogP contribution in [-0.4, -0.2) is 32.1 Å². The zero-order valence-corrected chi connectivity index (χ0v) is 12.4. The Labute approximate surface area is 133 Å². The van der Waals surface area contributed by atoms with Gasteiger partial charge in [0.25, 0.3) is 11.6 Å². The van der Waals surface area contributed by atoms with E-state index in [2.05, 4.69) is 15.5 Å². The van der Waals surface area contributed by atoms with Crippen molar-refractivity contribution < 1.29 is 22.9 Å². The molecule has 1 N–H and O–H groups in total. The van der Waals surface area contributed by atoms with Gasteiger partial charge in [-0.3, -0.25) is 14.9 Å². The number of aromatic nitrogens is 3. The molecule has 0 spiro atoms. The first-order chi connectivity index (χ1) is 11.2. The molecule has 0 aliphatic carbocycles. The number of nitro benzene ring substituents is 1. The molecule has 2 rings (SSSR count). The number of nitrogens with one attached hydrogen (secondary N) is 1. The molecule has 0 saturated carbocycles. The minimum Gasteiger partial charge on any atom is -0.350 e. The van der Waals surface area contributed by atoms with Crippen molar-refractivity contribution in [2.45, 2.75) is 19.6 Å². The molecule has 2 aromatic rings. The standard InChI is InChI=1S/C13H12F3N5O3/c1-8-19-18-7-20(8)3-2-17-12(22)9-4-10(13(14,15)16)6-11(5-9)21(23)24/h4-7H,2-3H2,1H3,(H,17,22). The number of nitrogens with zero attached hydrogens (tertiary/aromatic N) is 4. The number of amides is 1. The summed E-state index contributed by atoms with van der Waals surface area (Å²) in [7, 11) is 0. The molecule has 0 unspecified atom stereocenters.